The molecule has 23 heavy (non-hydrogen) atoms. The molecule has 4 heteroatoms. The van der Waals surface area contributed by atoms with Crippen molar-refractivity contribution < 1.29 is 14.4 Å². The fourth-order valence-corrected chi connectivity index (χ4v) is 2.48. The SMILES string of the molecule is CCOc1ccc(C[NH+](C)CC(=O)Nc2cccc(C)c2)cc1. The van der Waals surface area contributed by atoms with Crippen molar-refractivity contribution in [1.29, 1.82) is 0 Å². The van der Waals surface area contributed by atoms with Crippen molar-refractivity contribution in [2.45, 2.75) is 20.4 Å². The van der Waals surface area contributed by atoms with E-state index in [1.807, 2.05) is 69.4 Å². The monoisotopic (exact) mass is 313 g/mol. The van der Waals surface area contributed by atoms with E-state index in [1.54, 1.807) is 0 Å². The predicted octanol–water partition coefficient (Wildman–Crippen LogP) is 2.05. The van der Waals surface area contributed by atoms with Crippen molar-refractivity contribution in [3.63, 3.8) is 0 Å². The molecule has 122 valence electrons. The van der Waals surface area contributed by atoms with Crippen LogP contribution in [0.1, 0.15) is 18.1 Å². The van der Waals surface area contributed by atoms with Crippen LogP contribution in [-0.4, -0.2) is 26.1 Å². The second-order valence-electron chi connectivity index (χ2n) is 5.81. The van der Waals surface area contributed by atoms with Crippen LogP contribution in [0.15, 0.2) is 48.5 Å². The van der Waals surface area contributed by atoms with Crippen molar-refractivity contribution in [1.82, 2.24) is 0 Å². The van der Waals surface area contributed by atoms with Crippen molar-refractivity contribution in [2.24, 2.45) is 0 Å². The van der Waals surface area contributed by atoms with Crippen LogP contribution < -0.4 is 15.0 Å². The number of benzene rings is 2. The predicted molar refractivity (Wildman–Crippen MR) is 92.9 cm³/mol. The fraction of sp³-hybridized carbons (Fsp3) is 0.316. The van der Waals surface area contributed by atoms with Gasteiger partial charge in [0.1, 0.15) is 12.3 Å². The summed E-state index contributed by atoms with van der Waals surface area (Å²) < 4.78 is 5.44. The van der Waals surface area contributed by atoms with E-state index in [0.717, 1.165) is 28.4 Å². The van der Waals surface area contributed by atoms with Gasteiger partial charge in [0.2, 0.25) is 0 Å². The number of aryl methyl sites for hydroxylation is 1. The third-order valence-electron chi connectivity index (χ3n) is 3.50. The second-order valence-corrected chi connectivity index (χ2v) is 5.81. The minimum atomic E-state index is 0.0269. The third kappa shape index (κ3) is 5.75. The second kappa shape index (κ2) is 8.34. The highest BCUT2D eigenvalue weighted by Crippen LogP contribution is 2.11. The molecule has 0 heterocycles. The zero-order chi connectivity index (χ0) is 16.7. The van der Waals surface area contributed by atoms with Gasteiger partial charge in [0, 0.05) is 11.3 Å². The maximum atomic E-state index is 12.1. The van der Waals surface area contributed by atoms with Gasteiger partial charge in [-0.05, 0) is 55.8 Å². The first-order valence-corrected chi connectivity index (χ1v) is 7.96. The quantitative estimate of drug-likeness (QED) is 0.821. The summed E-state index contributed by atoms with van der Waals surface area (Å²) in [5, 5.41) is 2.95. The number of nitrogens with one attached hydrogen (secondary N) is 2. The van der Waals surface area contributed by atoms with Crippen LogP contribution in [0.5, 0.6) is 5.75 Å². The van der Waals surface area contributed by atoms with Gasteiger partial charge in [0.25, 0.3) is 5.91 Å². The molecule has 2 aromatic rings. The number of likely N-dealkylation sites (N-methyl/N-ethyl adjacent to an activating group) is 1. The van der Waals surface area contributed by atoms with Crippen molar-refractivity contribution in [3.8, 4) is 5.75 Å². The summed E-state index contributed by atoms with van der Waals surface area (Å²) in [5.41, 5.74) is 3.18. The summed E-state index contributed by atoms with van der Waals surface area (Å²) >= 11 is 0. The molecule has 2 rings (SSSR count). The molecular formula is C19H25N2O2+. The van der Waals surface area contributed by atoms with Gasteiger partial charge in [-0.15, -0.1) is 0 Å². The maximum Gasteiger partial charge on any atom is 0.279 e. The number of rotatable bonds is 7. The summed E-state index contributed by atoms with van der Waals surface area (Å²) in [6.45, 7) is 5.88. The van der Waals surface area contributed by atoms with Crippen LogP contribution >= 0.6 is 0 Å². The number of quaternary nitrogens is 1. The number of carbonyl (C=O) groups excluding carboxylic acids is 1. The molecule has 0 aliphatic heterocycles. The molecule has 0 aliphatic carbocycles. The molecule has 0 bridgehead atoms. The number of ether oxygens (including phenoxy) is 1. The van der Waals surface area contributed by atoms with E-state index in [9.17, 15) is 4.79 Å². The lowest BCUT2D eigenvalue weighted by molar-refractivity contribution is -0.885. The Morgan fingerprint density at radius 3 is 2.57 bits per heavy atom. The van der Waals surface area contributed by atoms with Gasteiger partial charge in [-0.2, -0.15) is 0 Å². The highest BCUT2D eigenvalue weighted by Gasteiger charge is 2.11. The first-order chi connectivity index (χ1) is 11.1. The molecule has 0 spiro atoms. The zero-order valence-electron chi connectivity index (χ0n) is 14.1. The highest BCUT2D eigenvalue weighted by atomic mass is 16.5. The lowest BCUT2D eigenvalue weighted by atomic mass is 10.2. The van der Waals surface area contributed by atoms with E-state index >= 15 is 0 Å². The Hall–Kier alpha value is -2.33. The van der Waals surface area contributed by atoms with Crippen LogP contribution in [-0.2, 0) is 11.3 Å². The van der Waals surface area contributed by atoms with Gasteiger partial charge in [-0.25, -0.2) is 0 Å². The Kier molecular flexibility index (Phi) is 6.18. The van der Waals surface area contributed by atoms with Crippen LogP contribution in [0.3, 0.4) is 0 Å². The maximum absolute atomic E-state index is 12.1. The summed E-state index contributed by atoms with van der Waals surface area (Å²) in [7, 11) is 2.02. The Balaban J connectivity index is 1.83. The van der Waals surface area contributed by atoms with Crippen molar-refractivity contribution >= 4 is 11.6 Å². The van der Waals surface area contributed by atoms with Crippen LogP contribution in [0.4, 0.5) is 5.69 Å². The van der Waals surface area contributed by atoms with Crippen molar-refractivity contribution in [2.75, 3.05) is 25.5 Å². The topological polar surface area (TPSA) is 42.8 Å². The van der Waals surface area contributed by atoms with Crippen LogP contribution in [0.25, 0.3) is 0 Å². The molecule has 4 nitrogen and oxygen atoms in total. The molecule has 0 aliphatic rings. The van der Waals surface area contributed by atoms with Crippen molar-refractivity contribution in [3.05, 3.63) is 59.7 Å². The van der Waals surface area contributed by atoms with E-state index in [0.29, 0.717) is 13.2 Å². The number of anilines is 1. The summed E-state index contributed by atoms with van der Waals surface area (Å²) in [4.78, 5) is 13.2. The Labute approximate surface area is 138 Å². The van der Waals surface area contributed by atoms with E-state index < -0.39 is 0 Å². The molecule has 2 aromatic carbocycles. The van der Waals surface area contributed by atoms with Crippen LogP contribution in [0, 0.1) is 6.92 Å². The van der Waals surface area contributed by atoms with E-state index in [1.165, 1.54) is 5.56 Å². The average molecular weight is 313 g/mol. The Bertz CT molecular complexity index is 638. The number of carbonyl (C=O) groups is 1. The zero-order valence-corrected chi connectivity index (χ0v) is 14.1. The molecule has 0 aromatic heterocycles. The number of amides is 1. The van der Waals surface area contributed by atoms with Gasteiger partial charge in [-0.3, -0.25) is 4.79 Å². The lowest BCUT2D eigenvalue weighted by Gasteiger charge is -2.14. The van der Waals surface area contributed by atoms with Gasteiger partial charge >= 0.3 is 0 Å². The third-order valence-corrected chi connectivity index (χ3v) is 3.50. The van der Waals surface area contributed by atoms with Crippen LogP contribution in [0.2, 0.25) is 0 Å². The van der Waals surface area contributed by atoms with E-state index in [4.69, 9.17) is 4.74 Å². The highest BCUT2D eigenvalue weighted by molar-refractivity contribution is 5.91. The minimum Gasteiger partial charge on any atom is -0.494 e. The normalized spacial score (nSPS) is 11.8. The molecule has 1 atom stereocenters. The average Bonchev–Trinajstić information content (AvgIpc) is 2.49. The minimum absolute atomic E-state index is 0.0269. The van der Waals surface area contributed by atoms with Gasteiger partial charge < -0.3 is 15.0 Å². The largest absolute Gasteiger partial charge is 0.494 e. The molecule has 0 radical (unpaired) electrons. The molecular weight excluding hydrogens is 288 g/mol. The fourth-order valence-electron chi connectivity index (χ4n) is 2.48. The molecule has 0 saturated heterocycles. The summed E-state index contributed by atoms with van der Waals surface area (Å²) in [6.07, 6.45) is 0. The smallest absolute Gasteiger partial charge is 0.279 e. The van der Waals surface area contributed by atoms with E-state index in [-0.39, 0.29) is 5.91 Å². The standard InChI is InChI=1S/C19H24N2O2/c1-4-23-18-10-8-16(9-11-18)13-21(3)14-19(22)20-17-7-5-6-15(2)12-17/h5-12H,4,13-14H2,1-3H3,(H,20,22)/p+1. The van der Waals surface area contributed by atoms with Gasteiger partial charge in [0.05, 0.1) is 13.7 Å². The molecule has 0 saturated carbocycles. The first kappa shape index (κ1) is 17.0. The summed E-state index contributed by atoms with van der Waals surface area (Å²) in [6, 6.07) is 15.9. The first-order valence-electron chi connectivity index (χ1n) is 7.96. The number of hydrogen-bond acceptors (Lipinski definition) is 2. The Morgan fingerprint density at radius 2 is 1.91 bits per heavy atom. The molecule has 2 N–H and O–H groups in total. The lowest BCUT2D eigenvalue weighted by Crippen LogP contribution is -3.08. The van der Waals surface area contributed by atoms with Gasteiger partial charge in [0.15, 0.2) is 6.54 Å². The molecule has 1 unspecified atom stereocenters. The molecule has 0 fully saturated rings. The molecule has 1 amide bonds. The number of hydrogen-bond donors (Lipinski definition) is 2. The van der Waals surface area contributed by atoms with E-state index in [2.05, 4.69) is 5.32 Å². The van der Waals surface area contributed by atoms with Gasteiger partial charge in [-0.1, -0.05) is 12.1 Å². The Morgan fingerprint density at radius 1 is 1.17 bits per heavy atom. The summed E-state index contributed by atoms with van der Waals surface area (Å²) in [5.74, 6) is 0.908.